The SMILES string of the molecule is Cc1ccc(C(CN2CC(Oc3ccc(CCC(=O)C(F)(F)F)cc3)C[C@H]2C)c2ccc(C)cc2)cc1. The van der Waals surface area contributed by atoms with Crippen LogP contribution in [0.5, 0.6) is 5.75 Å². The Balaban J connectivity index is 1.39. The largest absolute Gasteiger partial charge is 0.489 e. The third-order valence-corrected chi connectivity index (χ3v) is 7.23. The highest BCUT2D eigenvalue weighted by atomic mass is 19.4. The second-order valence-electron chi connectivity index (χ2n) is 10.2. The monoisotopic (exact) mass is 509 g/mol. The molecule has 0 spiro atoms. The van der Waals surface area contributed by atoms with Gasteiger partial charge >= 0.3 is 6.18 Å². The molecule has 37 heavy (non-hydrogen) atoms. The number of benzene rings is 3. The lowest BCUT2D eigenvalue weighted by Crippen LogP contribution is -2.33. The number of hydrogen-bond acceptors (Lipinski definition) is 3. The summed E-state index contributed by atoms with van der Waals surface area (Å²) in [4.78, 5) is 13.6. The summed E-state index contributed by atoms with van der Waals surface area (Å²) in [7, 11) is 0. The summed E-state index contributed by atoms with van der Waals surface area (Å²) >= 11 is 0. The third kappa shape index (κ3) is 7.22. The van der Waals surface area contributed by atoms with Gasteiger partial charge in [-0.25, -0.2) is 0 Å². The topological polar surface area (TPSA) is 29.5 Å². The summed E-state index contributed by atoms with van der Waals surface area (Å²) in [6, 6.07) is 24.9. The molecule has 3 aromatic carbocycles. The summed E-state index contributed by atoms with van der Waals surface area (Å²) in [5, 5.41) is 0. The summed E-state index contributed by atoms with van der Waals surface area (Å²) < 4.78 is 43.6. The maximum Gasteiger partial charge on any atom is 0.449 e. The Hall–Kier alpha value is -3.12. The zero-order chi connectivity index (χ0) is 26.6. The number of aryl methyl sites for hydroxylation is 3. The van der Waals surface area contributed by atoms with Gasteiger partial charge in [-0.05, 0) is 56.0 Å². The molecular formula is C31H34F3NO2. The van der Waals surface area contributed by atoms with Crippen molar-refractivity contribution in [1.82, 2.24) is 4.90 Å². The van der Waals surface area contributed by atoms with Crippen LogP contribution in [0, 0.1) is 13.8 Å². The average molecular weight is 510 g/mol. The minimum absolute atomic E-state index is 0.0318. The van der Waals surface area contributed by atoms with Crippen molar-refractivity contribution < 1.29 is 22.7 Å². The van der Waals surface area contributed by atoms with E-state index < -0.39 is 18.4 Å². The summed E-state index contributed by atoms with van der Waals surface area (Å²) in [6.07, 6.45) is -4.32. The fraction of sp³-hybridized carbons (Fsp3) is 0.387. The quantitative estimate of drug-likeness (QED) is 0.310. The van der Waals surface area contributed by atoms with Gasteiger partial charge < -0.3 is 4.74 Å². The Bertz CT molecular complexity index is 1130. The minimum Gasteiger partial charge on any atom is -0.489 e. The number of rotatable bonds is 9. The zero-order valence-corrected chi connectivity index (χ0v) is 21.6. The molecule has 1 heterocycles. The van der Waals surface area contributed by atoms with Gasteiger partial charge in [0, 0.05) is 37.9 Å². The Labute approximate surface area is 217 Å². The molecule has 3 nitrogen and oxygen atoms in total. The van der Waals surface area contributed by atoms with Crippen molar-refractivity contribution in [3.63, 3.8) is 0 Å². The van der Waals surface area contributed by atoms with Crippen LogP contribution >= 0.6 is 0 Å². The first-order valence-corrected chi connectivity index (χ1v) is 12.8. The molecule has 1 aliphatic rings. The Morgan fingerprint density at radius 2 is 1.46 bits per heavy atom. The van der Waals surface area contributed by atoms with Gasteiger partial charge in [0.25, 0.3) is 0 Å². The lowest BCUT2D eigenvalue weighted by Gasteiger charge is -2.28. The highest BCUT2D eigenvalue weighted by Crippen LogP contribution is 2.31. The lowest BCUT2D eigenvalue weighted by molar-refractivity contribution is -0.171. The van der Waals surface area contributed by atoms with E-state index in [1.807, 2.05) is 0 Å². The van der Waals surface area contributed by atoms with Gasteiger partial charge in [-0.3, -0.25) is 9.69 Å². The molecular weight excluding hydrogens is 475 g/mol. The van der Waals surface area contributed by atoms with E-state index in [4.69, 9.17) is 4.74 Å². The van der Waals surface area contributed by atoms with Crippen molar-refractivity contribution in [2.75, 3.05) is 13.1 Å². The number of likely N-dealkylation sites (tertiary alicyclic amines) is 1. The number of alkyl halides is 3. The van der Waals surface area contributed by atoms with E-state index in [1.165, 1.54) is 22.3 Å². The number of ketones is 1. The van der Waals surface area contributed by atoms with Crippen LogP contribution in [0.1, 0.15) is 53.5 Å². The molecule has 1 saturated heterocycles. The molecule has 0 saturated carbocycles. The van der Waals surface area contributed by atoms with Gasteiger partial charge in [-0.2, -0.15) is 13.2 Å². The first-order chi connectivity index (χ1) is 17.6. The van der Waals surface area contributed by atoms with E-state index in [9.17, 15) is 18.0 Å². The van der Waals surface area contributed by atoms with Crippen molar-refractivity contribution in [3.05, 3.63) is 101 Å². The molecule has 0 aromatic heterocycles. The minimum atomic E-state index is -4.77. The van der Waals surface area contributed by atoms with Crippen LogP contribution in [0.25, 0.3) is 0 Å². The number of Topliss-reactive ketones (excluding diaryl/α,β-unsaturated/α-hetero) is 1. The van der Waals surface area contributed by atoms with Gasteiger partial charge in [0.2, 0.25) is 5.78 Å². The fourth-order valence-electron chi connectivity index (χ4n) is 4.95. The molecule has 4 rings (SSSR count). The van der Waals surface area contributed by atoms with E-state index in [1.54, 1.807) is 24.3 Å². The Morgan fingerprint density at radius 3 is 1.97 bits per heavy atom. The summed E-state index contributed by atoms with van der Waals surface area (Å²) in [5.41, 5.74) is 5.77. The molecule has 0 aliphatic carbocycles. The highest BCUT2D eigenvalue weighted by molar-refractivity contribution is 5.84. The number of hydrogen-bond donors (Lipinski definition) is 0. The number of halogens is 3. The van der Waals surface area contributed by atoms with Crippen LogP contribution in [-0.4, -0.2) is 42.1 Å². The summed E-state index contributed by atoms with van der Waals surface area (Å²) in [5.74, 6) is -0.748. The molecule has 196 valence electrons. The molecule has 0 bridgehead atoms. The van der Waals surface area contributed by atoms with Gasteiger partial charge in [-0.1, -0.05) is 71.8 Å². The van der Waals surface area contributed by atoms with Crippen LogP contribution in [0.4, 0.5) is 13.2 Å². The number of carbonyl (C=O) groups is 1. The van der Waals surface area contributed by atoms with E-state index >= 15 is 0 Å². The predicted octanol–water partition coefficient (Wildman–Crippen LogP) is 7.04. The lowest BCUT2D eigenvalue weighted by atomic mass is 9.89. The Kier molecular flexibility index (Phi) is 8.38. The fourth-order valence-corrected chi connectivity index (χ4v) is 4.95. The standard InChI is InChI=1S/C31H34F3NO2/c1-21-4-11-25(12-5-21)29(26-13-6-22(2)7-14-26)20-35-19-28(18-23(35)3)37-27-15-8-24(9-16-27)10-17-30(36)31(32,33)34/h4-9,11-16,23,28-29H,10,17-20H2,1-3H3/t23-,28?/m1/s1. The molecule has 0 amide bonds. The summed E-state index contributed by atoms with van der Waals surface area (Å²) in [6.45, 7) is 8.12. The van der Waals surface area contributed by atoms with Crippen molar-refractivity contribution in [3.8, 4) is 5.75 Å². The van der Waals surface area contributed by atoms with Gasteiger partial charge in [0.1, 0.15) is 11.9 Å². The van der Waals surface area contributed by atoms with Crippen molar-refractivity contribution in [2.24, 2.45) is 0 Å². The molecule has 3 aromatic rings. The molecule has 1 unspecified atom stereocenters. The molecule has 1 fully saturated rings. The van der Waals surface area contributed by atoms with E-state index in [0.717, 1.165) is 19.5 Å². The van der Waals surface area contributed by atoms with E-state index in [0.29, 0.717) is 17.4 Å². The second kappa shape index (κ2) is 11.5. The van der Waals surface area contributed by atoms with Crippen LogP contribution < -0.4 is 4.74 Å². The molecule has 2 atom stereocenters. The third-order valence-electron chi connectivity index (χ3n) is 7.23. The predicted molar refractivity (Wildman–Crippen MR) is 140 cm³/mol. The van der Waals surface area contributed by atoms with Crippen LogP contribution in [0.3, 0.4) is 0 Å². The first-order valence-electron chi connectivity index (χ1n) is 12.8. The number of nitrogens with zero attached hydrogens (tertiary/aromatic N) is 1. The molecule has 0 radical (unpaired) electrons. The van der Waals surface area contributed by atoms with Crippen LogP contribution in [0.2, 0.25) is 0 Å². The zero-order valence-electron chi connectivity index (χ0n) is 21.6. The maximum atomic E-state index is 12.4. The highest BCUT2D eigenvalue weighted by Gasteiger charge is 2.37. The van der Waals surface area contributed by atoms with Gasteiger partial charge in [0.15, 0.2) is 0 Å². The van der Waals surface area contributed by atoms with Crippen molar-refractivity contribution in [2.45, 2.75) is 64.3 Å². The maximum absolute atomic E-state index is 12.4. The molecule has 1 aliphatic heterocycles. The van der Waals surface area contributed by atoms with Crippen molar-refractivity contribution in [1.29, 1.82) is 0 Å². The number of carbonyl (C=O) groups excluding carboxylic acids is 1. The smallest absolute Gasteiger partial charge is 0.449 e. The van der Waals surface area contributed by atoms with Gasteiger partial charge in [-0.15, -0.1) is 0 Å². The van der Waals surface area contributed by atoms with E-state index in [2.05, 4.69) is 74.2 Å². The second-order valence-corrected chi connectivity index (χ2v) is 10.2. The number of ether oxygens (including phenoxy) is 1. The van der Waals surface area contributed by atoms with Crippen molar-refractivity contribution >= 4 is 5.78 Å². The molecule has 6 heteroatoms. The van der Waals surface area contributed by atoms with Crippen LogP contribution in [0.15, 0.2) is 72.8 Å². The first kappa shape index (κ1) is 26.9. The van der Waals surface area contributed by atoms with E-state index in [-0.39, 0.29) is 18.4 Å². The van der Waals surface area contributed by atoms with Gasteiger partial charge in [0.05, 0.1) is 0 Å². The Morgan fingerprint density at radius 1 is 0.919 bits per heavy atom. The van der Waals surface area contributed by atoms with Crippen LogP contribution in [-0.2, 0) is 11.2 Å². The molecule has 0 N–H and O–H groups in total. The normalized spacial score (nSPS) is 18.4. The average Bonchev–Trinajstić information content (AvgIpc) is 3.21.